The lowest BCUT2D eigenvalue weighted by molar-refractivity contribution is 0.0695. The molecule has 1 saturated carbocycles. The third-order valence-corrected chi connectivity index (χ3v) is 5.09. The van der Waals surface area contributed by atoms with Crippen LogP contribution in [0.3, 0.4) is 0 Å². The van der Waals surface area contributed by atoms with Crippen LogP contribution < -0.4 is 15.6 Å². The minimum Gasteiger partial charge on any atom is -0.477 e. The van der Waals surface area contributed by atoms with E-state index in [1.807, 2.05) is 0 Å². The van der Waals surface area contributed by atoms with Crippen LogP contribution in [0.25, 0.3) is 10.9 Å². The fraction of sp³-hybridized carbons (Fsp3) is 0.368. The molecular formula is C19H19F2N3O3. The highest BCUT2D eigenvalue weighted by Crippen LogP contribution is 2.39. The van der Waals surface area contributed by atoms with E-state index in [4.69, 9.17) is 0 Å². The van der Waals surface area contributed by atoms with Gasteiger partial charge in [-0.25, -0.2) is 13.6 Å². The first kappa shape index (κ1) is 17.7. The summed E-state index contributed by atoms with van der Waals surface area (Å²) in [6, 6.07) is 2.79. The van der Waals surface area contributed by atoms with E-state index in [2.05, 4.69) is 5.32 Å². The first-order chi connectivity index (χ1) is 12.9. The van der Waals surface area contributed by atoms with Gasteiger partial charge in [-0.1, -0.05) is 0 Å². The zero-order valence-electron chi connectivity index (χ0n) is 14.8. The number of hydrogen-bond donors (Lipinski definition) is 2. The van der Waals surface area contributed by atoms with Crippen LogP contribution >= 0.6 is 0 Å². The van der Waals surface area contributed by atoms with Gasteiger partial charge >= 0.3 is 5.97 Å². The molecule has 2 fully saturated rings. The molecule has 1 saturated heterocycles. The van der Waals surface area contributed by atoms with E-state index < -0.39 is 17.2 Å². The van der Waals surface area contributed by atoms with Crippen LogP contribution in [0.5, 0.6) is 0 Å². The maximum Gasteiger partial charge on any atom is 0.341 e. The van der Waals surface area contributed by atoms with Crippen LogP contribution in [0, 0.1) is 5.82 Å². The van der Waals surface area contributed by atoms with Gasteiger partial charge in [0.1, 0.15) is 17.2 Å². The van der Waals surface area contributed by atoms with Crippen molar-refractivity contribution in [3.63, 3.8) is 0 Å². The Morgan fingerprint density at radius 3 is 2.63 bits per heavy atom. The Bertz CT molecular complexity index is 1030. The molecule has 0 atom stereocenters. The third kappa shape index (κ3) is 2.99. The summed E-state index contributed by atoms with van der Waals surface area (Å²) in [5, 5.41) is 12.1. The molecule has 1 aliphatic carbocycles. The maximum atomic E-state index is 14.7. The monoisotopic (exact) mass is 375 g/mol. The fourth-order valence-electron chi connectivity index (χ4n) is 3.44. The van der Waals surface area contributed by atoms with Gasteiger partial charge in [0.05, 0.1) is 11.2 Å². The van der Waals surface area contributed by atoms with Crippen molar-refractivity contribution in [2.45, 2.75) is 18.9 Å². The Kier molecular flexibility index (Phi) is 4.22. The molecule has 8 heteroatoms. The molecule has 0 radical (unpaired) electrons. The number of pyridine rings is 1. The summed E-state index contributed by atoms with van der Waals surface area (Å²) in [5.41, 5.74) is 0.371. The summed E-state index contributed by atoms with van der Waals surface area (Å²) in [4.78, 5) is 25.5. The third-order valence-electron chi connectivity index (χ3n) is 5.09. The van der Waals surface area contributed by atoms with Crippen molar-refractivity contribution >= 4 is 22.6 Å². The van der Waals surface area contributed by atoms with Gasteiger partial charge < -0.3 is 19.9 Å². The lowest BCUT2D eigenvalue weighted by atomic mass is 10.0. The van der Waals surface area contributed by atoms with Crippen molar-refractivity contribution < 1.29 is 18.7 Å². The molecule has 1 aliphatic heterocycles. The molecule has 27 heavy (non-hydrogen) atoms. The second-order valence-electron chi connectivity index (χ2n) is 7.03. The SMILES string of the molecule is CNCC(F)=C1CN(c2cc3c(cc2F)c(=O)c(C(=O)O)cn3C2CC2)C1. The summed E-state index contributed by atoms with van der Waals surface area (Å²) >= 11 is 0. The number of aromatic carboxylic acids is 1. The van der Waals surface area contributed by atoms with Crippen molar-refractivity contribution in [1.82, 2.24) is 9.88 Å². The standard InChI is InChI=1S/C19H19F2N3O3/c1-22-6-15(21)10-7-23(8-10)17-5-16-12(4-14(17)20)18(25)13(19(26)27)9-24(16)11-2-3-11/h4-5,9,11,22H,2-3,6-8H2,1H3,(H,26,27). The fourth-order valence-corrected chi connectivity index (χ4v) is 3.44. The first-order valence-corrected chi connectivity index (χ1v) is 8.78. The lowest BCUT2D eigenvalue weighted by Crippen LogP contribution is -2.42. The molecule has 0 unspecified atom stereocenters. The van der Waals surface area contributed by atoms with E-state index in [0.717, 1.165) is 18.9 Å². The van der Waals surface area contributed by atoms with E-state index in [1.54, 1.807) is 22.6 Å². The number of anilines is 1. The minimum atomic E-state index is -1.32. The zero-order chi connectivity index (χ0) is 19.3. The first-order valence-electron chi connectivity index (χ1n) is 8.78. The Balaban J connectivity index is 1.79. The predicted molar refractivity (Wildman–Crippen MR) is 97.7 cm³/mol. The van der Waals surface area contributed by atoms with Gasteiger partial charge in [0.15, 0.2) is 0 Å². The molecule has 1 aromatic heterocycles. The predicted octanol–water partition coefficient (Wildman–Crippen LogP) is 2.44. The topological polar surface area (TPSA) is 74.6 Å². The number of carboxylic acid groups (broad SMARTS) is 1. The highest BCUT2D eigenvalue weighted by molar-refractivity contribution is 5.93. The Morgan fingerprint density at radius 2 is 2.04 bits per heavy atom. The van der Waals surface area contributed by atoms with Crippen LogP contribution in [-0.2, 0) is 0 Å². The quantitative estimate of drug-likeness (QED) is 0.840. The van der Waals surface area contributed by atoms with Crippen molar-refractivity contribution in [3.8, 4) is 0 Å². The van der Waals surface area contributed by atoms with Gasteiger partial charge in [0, 0.05) is 42.8 Å². The molecule has 2 N–H and O–H groups in total. The molecule has 0 spiro atoms. The van der Waals surface area contributed by atoms with Crippen molar-refractivity contribution in [3.05, 3.63) is 51.3 Å². The summed E-state index contributed by atoms with van der Waals surface area (Å²) in [5.74, 6) is -2.17. The molecule has 142 valence electrons. The maximum absolute atomic E-state index is 14.7. The molecule has 2 heterocycles. The summed E-state index contributed by atoms with van der Waals surface area (Å²) < 4.78 is 30.3. The number of hydrogen-bond acceptors (Lipinski definition) is 4. The van der Waals surface area contributed by atoms with Gasteiger partial charge in [-0.15, -0.1) is 0 Å². The molecule has 0 amide bonds. The Morgan fingerprint density at radius 1 is 1.33 bits per heavy atom. The van der Waals surface area contributed by atoms with Gasteiger partial charge in [0.2, 0.25) is 5.43 Å². The average molecular weight is 375 g/mol. The summed E-state index contributed by atoms with van der Waals surface area (Å²) in [6.07, 6.45) is 3.12. The van der Waals surface area contributed by atoms with Gasteiger partial charge in [-0.3, -0.25) is 4.79 Å². The second-order valence-corrected chi connectivity index (χ2v) is 7.03. The number of likely N-dealkylation sites (N-methyl/N-ethyl adjacent to an activating group) is 1. The summed E-state index contributed by atoms with van der Waals surface area (Å²) in [6.45, 7) is 0.718. The second kappa shape index (κ2) is 6.45. The molecule has 2 aliphatic rings. The normalized spacial score (nSPS) is 16.6. The number of halogens is 2. The number of fused-ring (bicyclic) bond motifs is 1. The zero-order valence-corrected chi connectivity index (χ0v) is 14.8. The molecule has 2 aromatic rings. The highest BCUT2D eigenvalue weighted by atomic mass is 19.1. The van der Waals surface area contributed by atoms with Crippen LogP contribution in [0.4, 0.5) is 14.5 Å². The van der Waals surface area contributed by atoms with E-state index in [1.165, 1.54) is 6.20 Å². The minimum absolute atomic E-state index is 0.0562. The van der Waals surface area contributed by atoms with Gasteiger partial charge in [-0.2, -0.15) is 0 Å². The number of aromatic nitrogens is 1. The van der Waals surface area contributed by atoms with Gasteiger partial charge in [-0.05, 0) is 32.0 Å². The molecular weight excluding hydrogens is 356 g/mol. The highest BCUT2D eigenvalue weighted by Gasteiger charge is 2.30. The molecule has 1 aromatic carbocycles. The summed E-state index contributed by atoms with van der Waals surface area (Å²) in [7, 11) is 1.65. The molecule has 0 bridgehead atoms. The molecule has 6 nitrogen and oxygen atoms in total. The van der Waals surface area contributed by atoms with Gasteiger partial charge in [0.25, 0.3) is 0 Å². The number of carbonyl (C=O) groups is 1. The number of nitrogens with zero attached hydrogens (tertiary/aromatic N) is 2. The Labute approximate surface area is 153 Å². The number of nitrogens with one attached hydrogen (secondary N) is 1. The largest absolute Gasteiger partial charge is 0.477 e. The molecule has 4 rings (SSSR count). The number of carboxylic acids is 1. The Hall–Kier alpha value is -2.74. The number of benzene rings is 1. The van der Waals surface area contributed by atoms with Crippen molar-refractivity contribution in [1.29, 1.82) is 0 Å². The van der Waals surface area contributed by atoms with Crippen molar-refractivity contribution in [2.75, 3.05) is 31.6 Å². The van der Waals surface area contributed by atoms with Crippen LogP contribution in [0.15, 0.2) is 34.5 Å². The van der Waals surface area contributed by atoms with E-state index in [9.17, 15) is 23.5 Å². The van der Waals surface area contributed by atoms with E-state index in [-0.39, 0.29) is 42.5 Å². The van der Waals surface area contributed by atoms with Crippen LogP contribution in [0.2, 0.25) is 0 Å². The van der Waals surface area contributed by atoms with E-state index >= 15 is 0 Å². The van der Waals surface area contributed by atoms with Crippen molar-refractivity contribution in [2.24, 2.45) is 0 Å². The van der Waals surface area contributed by atoms with Crippen LogP contribution in [0.1, 0.15) is 29.2 Å². The van der Waals surface area contributed by atoms with Crippen LogP contribution in [-0.4, -0.2) is 42.3 Å². The average Bonchev–Trinajstić information content (AvgIpc) is 3.40. The lowest BCUT2D eigenvalue weighted by Gasteiger charge is -2.37. The van der Waals surface area contributed by atoms with E-state index in [0.29, 0.717) is 16.8 Å². The number of rotatable bonds is 5. The smallest absolute Gasteiger partial charge is 0.341 e.